The van der Waals surface area contributed by atoms with E-state index in [2.05, 4.69) is 0 Å². The van der Waals surface area contributed by atoms with E-state index in [9.17, 15) is 14.4 Å². The molecule has 3 nitrogen and oxygen atoms in total. The van der Waals surface area contributed by atoms with E-state index in [1.165, 1.54) is 6.08 Å². The van der Waals surface area contributed by atoms with Crippen LogP contribution in [0.5, 0.6) is 0 Å². The molecule has 0 fully saturated rings. The molecule has 0 aromatic carbocycles. The van der Waals surface area contributed by atoms with Gasteiger partial charge >= 0.3 is 0 Å². The summed E-state index contributed by atoms with van der Waals surface area (Å²) in [6.07, 6.45) is 3.78. The number of carbonyl (C=O) groups excluding carboxylic acids is 3. The van der Waals surface area contributed by atoms with E-state index < -0.39 is 11.6 Å². The van der Waals surface area contributed by atoms with Crippen molar-refractivity contribution in [2.45, 2.75) is 12.8 Å². The summed E-state index contributed by atoms with van der Waals surface area (Å²) in [6.45, 7) is 0. The van der Waals surface area contributed by atoms with Crippen LogP contribution in [0.3, 0.4) is 0 Å². The third-order valence-electron chi connectivity index (χ3n) is 2.11. The van der Waals surface area contributed by atoms with Crippen LogP contribution in [0.15, 0.2) is 23.3 Å². The Morgan fingerprint density at radius 2 is 1.75 bits per heavy atom. The molecule has 2 rings (SSSR count). The van der Waals surface area contributed by atoms with Crippen molar-refractivity contribution in [3.63, 3.8) is 0 Å². The first-order chi connectivity index (χ1) is 5.70. The number of Topliss-reactive ketones (excluding diaryl/α,β-unsaturated/α-hetero) is 2. The van der Waals surface area contributed by atoms with Crippen LogP contribution in [0.25, 0.3) is 0 Å². The van der Waals surface area contributed by atoms with Gasteiger partial charge in [0, 0.05) is 6.42 Å². The van der Waals surface area contributed by atoms with Crippen LogP contribution in [0.1, 0.15) is 12.8 Å². The smallest absolute Gasteiger partial charge is 0.236 e. The maximum atomic E-state index is 11.1. The van der Waals surface area contributed by atoms with Gasteiger partial charge in [0.1, 0.15) is 0 Å². The second-order valence-electron chi connectivity index (χ2n) is 2.85. The van der Waals surface area contributed by atoms with Crippen LogP contribution in [-0.4, -0.2) is 17.3 Å². The molecule has 2 aliphatic rings. The van der Waals surface area contributed by atoms with Gasteiger partial charge in [0.15, 0.2) is 5.78 Å². The molecule has 0 aliphatic heterocycles. The maximum absolute atomic E-state index is 11.1. The van der Waals surface area contributed by atoms with Crippen molar-refractivity contribution >= 4 is 17.3 Å². The normalized spacial score (nSPS) is 22.2. The first-order valence-corrected chi connectivity index (χ1v) is 3.73. The van der Waals surface area contributed by atoms with E-state index in [0.717, 1.165) is 5.57 Å². The highest BCUT2D eigenvalue weighted by atomic mass is 16.2. The highest BCUT2D eigenvalue weighted by Crippen LogP contribution is 2.27. The molecular formula is C9H6O3. The minimum atomic E-state index is -0.630. The van der Waals surface area contributed by atoms with Gasteiger partial charge in [-0.2, -0.15) is 0 Å². The van der Waals surface area contributed by atoms with Crippen LogP contribution in [-0.2, 0) is 14.4 Å². The molecule has 2 aliphatic carbocycles. The van der Waals surface area contributed by atoms with E-state index in [0.29, 0.717) is 12.8 Å². The average Bonchev–Trinajstić information content (AvgIpc) is 2.41. The number of hydrogen-bond donors (Lipinski definition) is 0. The summed E-state index contributed by atoms with van der Waals surface area (Å²) in [4.78, 5) is 33.1. The van der Waals surface area contributed by atoms with Crippen molar-refractivity contribution in [1.29, 1.82) is 0 Å². The summed E-state index contributed by atoms with van der Waals surface area (Å²) in [7, 11) is 0. The van der Waals surface area contributed by atoms with Gasteiger partial charge in [-0.1, -0.05) is 6.08 Å². The van der Waals surface area contributed by atoms with E-state index >= 15 is 0 Å². The molecule has 0 atom stereocenters. The zero-order valence-electron chi connectivity index (χ0n) is 6.29. The summed E-state index contributed by atoms with van der Waals surface area (Å²) in [5.41, 5.74) is 0.854. The van der Waals surface area contributed by atoms with Crippen molar-refractivity contribution in [3.05, 3.63) is 23.3 Å². The summed E-state index contributed by atoms with van der Waals surface area (Å²) < 4.78 is 0. The molecule has 0 aromatic rings. The van der Waals surface area contributed by atoms with Gasteiger partial charge in [-0.25, -0.2) is 0 Å². The van der Waals surface area contributed by atoms with Crippen LogP contribution >= 0.6 is 0 Å². The number of rotatable bonds is 0. The van der Waals surface area contributed by atoms with Crippen molar-refractivity contribution in [2.75, 3.05) is 0 Å². The second-order valence-corrected chi connectivity index (χ2v) is 2.85. The highest BCUT2D eigenvalue weighted by Gasteiger charge is 2.32. The molecule has 0 unspecified atom stereocenters. The van der Waals surface area contributed by atoms with Gasteiger partial charge in [0.25, 0.3) is 0 Å². The Morgan fingerprint density at radius 3 is 2.50 bits per heavy atom. The van der Waals surface area contributed by atoms with Crippen molar-refractivity contribution in [1.82, 2.24) is 0 Å². The predicted molar refractivity (Wildman–Crippen MR) is 40.4 cm³/mol. The van der Waals surface area contributed by atoms with Crippen molar-refractivity contribution in [2.24, 2.45) is 0 Å². The fourth-order valence-electron chi connectivity index (χ4n) is 1.49. The molecule has 0 spiro atoms. The molecule has 0 N–H and O–H groups in total. The molecule has 60 valence electrons. The first-order valence-electron chi connectivity index (χ1n) is 3.73. The van der Waals surface area contributed by atoms with Gasteiger partial charge < -0.3 is 0 Å². The Kier molecular flexibility index (Phi) is 1.33. The zero-order chi connectivity index (χ0) is 8.72. The van der Waals surface area contributed by atoms with Gasteiger partial charge in [-0.05, 0) is 18.1 Å². The van der Waals surface area contributed by atoms with Gasteiger partial charge in [0.05, 0.1) is 5.57 Å². The molecule has 0 radical (unpaired) electrons. The van der Waals surface area contributed by atoms with Crippen LogP contribution in [0.2, 0.25) is 0 Å². The Morgan fingerprint density at radius 1 is 1.00 bits per heavy atom. The molecule has 0 amide bonds. The molecular weight excluding hydrogens is 156 g/mol. The monoisotopic (exact) mass is 162 g/mol. The topological polar surface area (TPSA) is 51.2 Å². The average molecular weight is 162 g/mol. The number of hydrogen-bond acceptors (Lipinski definition) is 3. The molecule has 12 heavy (non-hydrogen) atoms. The summed E-state index contributed by atoms with van der Waals surface area (Å²) >= 11 is 0. The summed E-state index contributed by atoms with van der Waals surface area (Å²) in [5, 5.41) is 0. The third kappa shape index (κ3) is 0.794. The van der Waals surface area contributed by atoms with Crippen LogP contribution < -0.4 is 0 Å². The first kappa shape index (κ1) is 7.16. The largest absolute Gasteiger partial charge is 0.294 e. The quantitative estimate of drug-likeness (QED) is 0.293. The number of allylic oxidation sites excluding steroid dienone is 4. The Bertz CT molecular complexity index is 358. The minimum Gasteiger partial charge on any atom is -0.294 e. The summed E-state index contributed by atoms with van der Waals surface area (Å²) in [5.74, 6) is -1.40. The number of carbonyl (C=O) groups is 3. The molecule has 0 bridgehead atoms. The highest BCUT2D eigenvalue weighted by molar-refractivity contribution is 6.54. The van der Waals surface area contributed by atoms with Crippen LogP contribution in [0.4, 0.5) is 0 Å². The van der Waals surface area contributed by atoms with Crippen molar-refractivity contribution < 1.29 is 14.4 Å². The fourth-order valence-corrected chi connectivity index (χ4v) is 1.49. The third-order valence-corrected chi connectivity index (χ3v) is 2.11. The predicted octanol–water partition coefficient (Wildman–Crippen LogP) is 0.354. The zero-order valence-corrected chi connectivity index (χ0v) is 6.29. The molecule has 0 aromatic heterocycles. The van der Waals surface area contributed by atoms with Gasteiger partial charge in [0.2, 0.25) is 11.6 Å². The number of ketones is 3. The van der Waals surface area contributed by atoms with Crippen molar-refractivity contribution in [3.8, 4) is 0 Å². The van der Waals surface area contributed by atoms with E-state index in [-0.39, 0.29) is 11.4 Å². The lowest BCUT2D eigenvalue weighted by Crippen LogP contribution is -2.20. The van der Waals surface area contributed by atoms with Gasteiger partial charge in [-0.15, -0.1) is 0 Å². The fraction of sp³-hybridized carbons (Fsp3) is 0.222. The molecule has 3 heteroatoms. The summed E-state index contributed by atoms with van der Waals surface area (Å²) in [6, 6.07) is 0. The standard InChI is InChI=1S/C9H6O3/c10-6-3-1-5-2-4-7(11)9(12)8(5)6/h2,4H,1,3H2. The lowest BCUT2D eigenvalue weighted by Gasteiger charge is -2.03. The van der Waals surface area contributed by atoms with Gasteiger partial charge in [-0.3, -0.25) is 14.4 Å². The van der Waals surface area contributed by atoms with Crippen LogP contribution in [0, 0.1) is 0 Å². The van der Waals surface area contributed by atoms with E-state index in [1.54, 1.807) is 6.08 Å². The molecule has 0 heterocycles. The maximum Gasteiger partial charge on any atom is 0.236 e. The SMILES string of the molecule is O=C1C=CC2=C(C(=O)CC2)C1=O. The second kappa shape index (κ2) is 2.24. The van der Waals surface area contributed by atoms with E-state index in [4.69, 9.17) is 0 Å². The Labute approximate surface area is 68.8 Å². The lowest BCUT2D eigenvalue weighted by molar-refractivity contribution is -0.133. The minimum absolute atomic E-state index is 0.127. The Hall–Kier alpha value is -1.51. The lowest BCUT2D eigenvalue weighted by atomic mass is 9.97. The van der Waals surface area contributed by atoms with E-state index in [1.807, 2.05) is 0 Å². The molecule has 0 saturated carbocycles. The molecule has 0 saturated heterocycles. The Balaban J connectivity index is 2.54.